The number of rotatable bonds is 2. The van der Waals surface area contributed by atoms with Crippen molar-refractivity contribution in [2.45, 2.75) is 13.8 Å². The van der Waals surface area contributed by atoms with E-state index in [0.29, 0.717) is 16.5 Å². The van der Waals surface area contributed by atoms with Gasteiger partial charge in [0.1, 0.15) is 16.6 Å². The molecule has 5 nitrogen and oxygen atoms in total. The van der Waals surface area contributed by atoms with Crippen molar-refractivity contribution >= 4 is 16.9 Å². The summed E-state index contributed by atoms with van der Waals surface area (Å²) in [6.45, 7) is 3.93. The van der Waals surface area contributed by atoms with Gasteiger partial charge < -0.3 is 4.42 Å². The van der Waals surface area contributed by atoms with Gasteiger partial charge in [-0.1, -0.05) is 30.3 Å². The number of aryl methyl sites for hydroxylation is 2. The lowest BCUT2D eigenvalue weighted by atomic mass is 9.98. The molecule has 108 valence electrons. The van der Waals surface area contributed by atoms with Crippen LogP contribution >= 0.6 is 0 Å². The molecule has 0 radical (unpaired) electrons. The van der Waals surface area contributed by atoms with Gasteiger partial charge in [-0.2, -0.15) is 5.26 Å². The standard InChI is InChI=1S/C17H12N2O3/c1-10-6-7-12(8-11(10)2)15-14-5-3-4-13(9-18)16(14)22-17(15)19(20)21/h3-8H,1-2H3. The highest BCUT2D eigenvalue weighted by atomic mass is 16.6. The number of fused-ring (bicyclic) bond motifs is 1. The first kappa shape index (κ1) is 13.8. The SMILES string of the molecule is Cc1ccc(-c2c([N+](=O)[O-])oc3c(C#N)cccc23)cc1C. The molecule has 0 atom stereocenters. The molecule has 3 rings (SSSR count). The van der Waals surface area contributed by atoms with Crippen LogP contribution in [-0.2, 0) is 0 Å². The van der Waals surface area contributed by atoms with Crippen LogP contribution in [0.1, 0.15) is 16.7 Å². The zero-order valence-electron chi connectivity index (χ0n) is 12.1. The number of nitriles is 1. The topological polar surface area (TPSA) is 80.1 Å². The van der Waals surface area contributed by atoms with E-state index in [4.69, 9.17) is 9.68 Å². The Morgan fingerprint density at radius 1 is 1.18 bits per heavy atom. The molecule has 0 aliphatic carbocycles. The largest absolute Gasteiger partial charge is 0.442 e. The highest BCUT2D eigenvalue weighted by Gasteiger charge is 2.26. The Morgan fingerprint density at radius 2 is 1.95 bits per heavy atom. The fourth-order valence-electron chi connectivity index (χ4n) is 2.50. The van der Waals surface area contributed by atoms with E-state index in [9.17, 15) is 10.1 Å². The maximum Gasteiger partial charge on any atom is 0.442 e. The molecule has 1 heterocycles. The first-order valence-electron chi connectivity index (χ1n) is 6.70. The van der Waals surface area contributed by atoms with Crippen LogP contribution in [0.5, 0.6) is 0 Å². The molecule has 0 N–H and O–H groups in total. The van der Waals surface area contributed by atoms with Gasteiger partial charge in [-0.3, -0.25) is 10.1 Å². The van der Waals surface area contributed by atoms with E-state index in [1.165, 1.54) is 0 Å². The lowest BCUT2D eigenvalue weighted by Gasteiger charge is -2.03. The number of benzene rings is 2. The van der Waals surface area contributed by atoms with Crippen molar-refractivity contribution in [3.8, 4) is 17.2 Å². The molecule has 3 aromatic rings. The summed E-state index contributed by atoms with van der Waals surface area (Å²) in [6, 6.07) is 12.7. The lowest BCUT2D eigenvalue weighted by Crippen LogP contribution is -1.89. The third-order valence-corrected chi connectivity index (χ3v) is 3.78. The second-order valence-electron chi connectivity index (χ2n) is 5.13. The van der Waals surface area contributed by atoms with Crippen molar-refractivity contribution in [1.82, 2.24) is 0 Å². The van der Waals surface area contributed by atoms with Crippen molar-refractivity contribution < 1.29 is 9.34 Å². The number of para-hydroxylation sites is 1. The molecule has 0 aliphatic heterocycles. The van der Waals surface area contributed by atoms with Crippen molar-refractivity contribution in [2.24, 2.45) is 0 Å². The summed E-state index contributed by atoms with van der Waals surface area (Å²) in [5.41, 5.74) is 3.82. The van der Waals surface area contributed by atoms with Gasteiger partial charge in [-0.05, 0) is 36.6 Å². The lowest BCUT2D eigenvalue weighted by molar-refractivity contribution is -0.400. The Balaban J connectivity index is 2.41. The van der Waals surface area contributed by atoms with Crippen molar-refractivity contribution in [2.75, 3.05) is 0 Å². The maximum atomic E-state index is 11.3. The van der Waals surface area contributed by atoms with Gasteiger partial charge in [-0.15, -0.1) is 0 Å². The Kier molecular flexibility index (Phi) is 3.15. The van der Waals surface area contributed by atoms with E-state index in [1.54, 1.807) is 18.2 Å². The van der Waals surface area contributed by atoms with Crippen LogP contribution in [0.25, 0.3) is 22.1 Å². The van der Waals surface area contributed by atoms with Crippen LogP contribution in [-0.4, -0.2) is 4.92 Å². The summed E-state index contributed by atoms with van der Waals surface area (Å²) in [5, 5.41) is 21.1. The van der Waals surface area contributed by atoms with Gasteiger partial charge in [0.15, 0.2) is 5.58 Å². The minimum Gasteiger partial charge on any atom is -0.399 e. The first-order chi connectivity index (χ1) is 10.5. The van der Waals surface area contributed by atoms with E-state index in [-0.39, 0.29) is 17.0 Å². The number of nitro groups is 1. The van der Waals surface area contributed by atoms with E-state index in [1.807, 2.05) is 38.1 Å². The highest BCUT2D eigenvalue weighted by Crippen LogP contribution is 2.41. The number of hydrogen-bond donors (Lipinski definition) is 0. The Hall–Kier alpha value is -3.13. The van der Waals surface area contributed by atoms with E-state index < -0.39 is 4.92 Å². The summed E-state index contributed by atoms with van der Waals surface area (Å²) in [5.74, 6) is -0.332. The van der Waals surface area contributed by atoms with Crippen LogP contribution in [0.2, 0.25) is 0 Å². The predicted octanol–water partition coefficient (Wildman–Crippen LogP) is 4.50. The van der Waals surface area contributed by atoms with Gasteiger partial charge in [0.25, 0.3) is 0 Å². The van der Waals surface area contributed by atoms with Gasteiger partial charge in [0, 0.05) is 5.39 Å². The Labute approximate surface area is 126 Å². The molecular weight excluding hydrogens is 280 g/mol. The number of hydrogen-bond acceptors (Lipinski definition) is 4. The molecule has 0 spiro atoms. The summed E-state index contributed by atoms with van der Waals surface area (Å²) >= 11 is 0. The molecule has 0 bridgehead atoms. The highest BCUT2D eigenvalue weighted by molar-refractivity contribution is 6.00. The van der Waals surface area contributed by atoms with Gasteiger partial charge in [-0.25, -0.2) is 0 Å². The van der Waals surface area contributed by atoms with E-state index in [2.05, 4.69) is 0 Å². The quantitative estimate of drug-likeness (QED) is 0.514. The Bertz CT molecular complexity index is 948. The third kappa shape index (κ3) is 2.02. The zero-order valence-corrected chi connectivity index (χ0v) is 12.1. The molecule has 22 heavy (non-hydrogen) atoms. The minimum atomic E-state index is -0.550. The molecule has 1 aromatic heterocycles. The van der Waals surface area contributed by atoms with Gasteiger partial charge in [0.2, 0.25) is 0 Å². The van der Waals surface area contributed by atoms with Crippen molar-refractivity contribution in [3.63, 3.8) is 0 Å². The minimum absolute atomic E-state index is 0.255. The molecule has 5 heteroatoms. The molecule has 0 unspecified atom stereocenters. The van der Waals surface area contributed by atoms with Crippen LogP contribution < -0.4 is 0 Å². The molecule has 2 aromatic carbocycles. The second kappa shape index (κ2) is 5.01. The van der Waals surface area contributed by atoms with Crippen LogP contribution in [0.4, 0.5) is 5.88 Å². The average molecular weight is 292 g/mol. The fourth-order valence-corrected chi connectivity index (χ4v) is 2.50. The monoisotopic (exact) mass is 292 g/mol. The molecule has 0 amide bonds. The smallest absolute Gasteiger partial charge is 0.399 e. The maximum absolute atomic E-state index is 11.3. The number of nitrogens with zero attached hydrogens (tertiary/aromatic N) is 2. The number of furan rings is 1. The Morgan fingerprint density at radius 3 is 2.59 bits per heavy atom. The summed E-state index contributed by atoms with van der Waals surface area (Å²) in [6.07, 6.45) is 0. The second-order valence-corrected chi connectivity index (χ2v) is 5.13. The van der Waals surface area contributed by atoms with Crippen LogP contribution in [0, 0.1) is 35.3 Å². The molecule has 0 aliphatic rings. The van der Waals surface area contributed by atoms with E-state index >= 15 is 0 Å². The van der Waals surface area contributed by atoms with Gasteiger partial charge >= 0.3 is 5.88 Å². The van der Waals surface area contributed by atoms with Gasteiger partial charge in [0.05, 0.1) is 5.56 Å². The average Bonchev–Trinajstić information content (AvgIpc) is 2.89. The first-order valence-corrected chi connectivity index (χ1v) is 6.70. The third-order valence-electron chi connectivity index (χ3n) is 3.78. The normalized spacial score (nSPS) is 10.6. The van der Waals surface area contributed by atoms with Crippen molar-refractivity contribution in [3.05, 3.63) is 63.2 Å². The molecule has 0 saturated heterocycles. The molecule has 0 saturated carbocycles. The zero-order chi connectivity index (χ0) is 15.9. The van der Waals surface area contributed by atoms with Crippen LogP contribution in [0.3, 0.4) is 0 Å². The summed E-state index contributed by atoms with van der Waals surface area (Å²) in [7, 11) is 0. The van der Waals surface area contributed by atoms with Crippen molar-refractivity contribution in [1.29, 1.82) is 5.26 Å². The molecular formula is C17H12N2O3. The fraction of sp³-hybridized carbons (Fsp3) is 0.118. The van der Waals surface area contributed by atoms with Crippen LogP contribution in [0.15, 0.2) is 40.8 Å². The summed E-state index contributed by atoms with van der Waals surface area (Å²) in [4.78, 5) is 10.8. The summed E-state index contributed by atoms with van der Waals surface area (Å²) < 4.78 is 5.39. The van der Waals surface area contributed by atoms with E-state index in [0.717, 1.165) is 11.1 Å². The predicted molar refractivity (Wildman–Crippen MR) is 82.5 cm³/mol. The molecule has 0 fully saturated rings.